The highest BCUT2D eigenvalue weighted by molar-refractivity contribution is 7.99. The van der Waals surface area contributed by atoms with Crippen LogP contribution in [0.2, 0.25) is 0 Å². The van der Waals surface area contributed by atoms with Crippen molar-refractivity contribution in [3.63, 3.8) is 0 Å². The van der Waals surface area contributed by atoms with Gasteiger partial charge in [-0.05, 0) is 59.9 Å². The van der Waals surface area contributed by atoms with E-state index in [1.54, 1.807) is 12.1 Å². The Bertz CT molecular complexity index is 388. The Hall–Kier alpha value is -0.700. The Labute approximate surface area is 99.8 Å². The molecule has 1 saturated heterocycles. The summed E-state index contributed by atoms with van der Waals surface area (Å²) in [6.07, 6.45) is 2.45. The third-order valence-corrected chi connectivity index (χ3v) is 4.91. The summed E-state index contributed by atoms with van der Waals surface area (Å²) in [6.45, 7) is 1.03. The number of thioether (sulfide) groups is 1. The minimum absolute atomic E-state index is 0.0990. The van der Waals surface area contributed by atoms with Crippen LogP contribution in [0, 0.1) is 11.7 Å². The molecule has 16 heavy (non-hydrogen) atoms. The van der Waals surface area contributed by atoms with Gasteiger partial charge in [-0.3, -0.25) is 0 Å². The molecule has 3 heteroatoms. The van der Waals surface area contributed by atoms with Crippen molar-refractivity contribution in [2.75, 3.05) is 23.4 Å². The summed E-state index contributed by atoms with van der Waals surface area (Å²) < 4.78 is 13.3. The molecular weight excluding hydrogens is 221 g/mol. The predicted molar refractivity (Wildman–Crippen MR) is 67.7 cm³/mol. The molecule has 0 saturated carbocycles. The summed E-state index contributed by atoms with van der Waals surface area (Å²) in [4.78, 5) is 0. The van der Waals surface area contributed by atoms with Gasteiger partial charge in [0.2, 0.25) is 0 Å². The van der Waals surface area contributed by atoms with E-state index in [0.717, 1.165) is 24.6 Å². The maximum absolute atomic E-state index is 13.3. The molecule has 0 radical (unpaired) electrons. The standard InChI is InChI=1S/C13H16FNS/c14-10-1-2-13-12(7-10)11(3-5-15-13)9-4-6-16-8-9/h1-2,7,9,11,15H,3-6,8H2. The quantitative estimate of drug-likeness (QED) is 0.802. The molecule has 0 aliphatic carbocycles. The van der Waals surface area contributed by atoms with Gasteiger partial charge in [-0.25, -0.2) is 4.39 Å². The number of fused-ring (bicyclic) bond motifs is 1. The average Bonchev–Trinajstić information content (AvgIpc) is 2.81. The first kappa shape index (κ1) is 10.5. The highest BCUT2D eigenvalue weighted by atomic mass is 32.2. The molecule has 0 aromatic heterocycles. The molecule has 1 nitrogen and oxygen atoms in total. The Morgan fingerprint density at radius 1 is 1.31 bits per heavy atom. The van der Waals surface area contributed by atoms with Crippen molar-refractivity contribution < 1.29 is 4.39 Å². The van der Waals surface area contributed by atoms with Gasteiger partial charge in [-0.2, -0.15) is 11.8 Å². The summed E-state index contributed by atoms with van der Waals surface area (Å²) >= 11 is 2.04. The molecule has 86 valence electrons. The van der Waals surface area contributed by atoms with Gasteiger partial charge in [0.15, 0.2) is 0 Å². The zero-order valence-corrected chi connectivity index (χ0v) is 10.0. The van der Waals surface area contributed by atoms with Crippen molar-refractivity contribution in [2.24, 2.45) is 5.92 Å². The average molecular weight is 237 g/mol. The van der Waals surface area contributed by atoms with Crippen LogP contribution < -0.4 is 5.32 Å². The molecule has 2 aliphatic heterocycles. The van der Waals surface area contributed by atoms with E-state index < -0.39 is 0 Å². The SMILES string of the molecule is Fc1ccc2c(c1)C(C1CCSC1)CCN2. The zero-order chi connectivity index (χ0) is 11.0. The first-order chi connectivity index (χ1) is 7.84. The van der Waals surface area contributed by atoms with Crippen LogP contribution in [0.1, 0.15) is 24.3 Å². The fourth-order valence-electron chi connectivity index (χ4n) is 2.88. The molecule has 1 fully saturated rings. The van der Waals surface area contributed by atoms with Crippen LogP contribution in [0.4, 0.5) is 10.1 Å². The van der Waals surface area contributed by atoms with Gasteiger partial charge in [-0.1, -0.05) is 0 Å². The number of anilines is 1. The molecule has 3 rings (SSSR count). The van der Waals surface area contributed by atoms with Crippen LogP contribution in [0.15, 0.2) is 18.2 Å². The molecule has 2 atom stereocenters. The number of halogens is 1. The van der Waals surface area contributed by atoms with Gasteiger partial charge in [0.1, 0.15) is 5.82 Å². The second-order valence-electron chi connectivity index (χ2n) is 4.68. The van der Waals surface area contributed by atoms with Gasteiger partial charge >= 0.3 is 0 Å². The molecule has 1 aromatic carbocycles. The van der Waals surface area contributed by atoms with E-state index in [-0.39, 0.29) is 5.82 Å². The van der Waals surface area contributed by atoms with Crippen LogP contribution in [-0.4, -0.2) is 18.1 Å². The number of benzene rings is 1. The van der Waals surface area contributed by atoms with E-state index in [2.05, 4.69) is 5.32 Å². The van der Waals surface area contributed by atoms with Crippen LogP contribution in [-0.2, 0) is 0 Å². The second kappa shape index (κ2) is 4.28. The lowest BCUT2D eigenvalue weighted by molar-refractivity contribution is 0.442. The molecule has 1 aromatic rings. The van der Waals surface area contributed by atoms with Crippen molar-refractivity contribution in [2.45, 2.75) is 18.8 Å². The van der Waals surface area contributed by atoms with E-state index in [1.807, 2.05) is 17.8 Å². The molecule has 2 unspecified atom stereocenters. The topological polar surface area (TPSA) is 12.0 Å². The van der Waals surface area contributed by atoms with Crippen LogP contribution >= 0.6 is 11.8 Å². The molecule has 0 bridgehead atoms. The number of nitrogens with one attached hydrogen (secondary N) is 1. The Morgan fingerprint density at radius 2 is 2.25 bits per heavy atom. The normalized spacial score (nSPS) is 28.6. The minimum atomic E-state index is -0.0990. The predicted octanol–water partition coefficient (Wildman–Crippen LogP) is 3.48. The molecular formula is C13H16FNS. The fraction of sp³-hybridized carbons (Fsp3) is 0.538. The molecule has 2 heterocycles. The minimum Gasteiger partial charge on any atom is -0.385 e. The summed E-state index contributed by atoms with van der Waals surface area (Å²) in [7, 11) is 0. The fourth-order valence-corrected chi connectivity index (χ4v) is 4.22. The molecule has 2 aliphatic rings. The Kier molecular flexibility index (Phi) is 2.80. The molecule has 0 amide bonds. The van der Waals surface area contributed by atoms with E-state index in [0.29, 0.717) is 5.92 Å². The summed E-state index contributed by atoms with van der Waals surface area (Å²) in [6, 6.07) is 5.17. The Morgan fingerprint density at radius 3 is 3.06 bits per heavy atom. The van der Waals surface area contributed by atoms with Crippen LogP contribution in [0.3, 0.4) is 0 Å². The van der Waals surface area contributed by atoms with Crippen LogP contribution in [0.25, 0.3) is 0 Å². The van der Waals surface area contributed by atoms with E-state index in [1.165, 1.54) is 23.5 Å². The van der Waals surface area contributed by atoms with Gasteiger partial charge in [0, 0.05) is 12.2 Å². The Balaban J connectivity index is 1.94. The lowest BCUT2D eigenvalue weighted by Crippen LogP contribution is -2.23. The third kappa shape index (κ3) is 1.81. The van der Waals surface area contributed by atoms with Crippen molar-refractivity contribution in [1.82, 2.24) is 0 Å². The summed E-state index contributed by atoms with van der Waals surface area (Å²) in [5.41, 5.74) is 2.35. The van der Waals surface area contributed by atoms with Crippen LogP contribution in [0.5, 0.6) is 0 Å². The van der Waals surface area contributed by atoms with Gasteiger partial charge < -0.3 is 5.32 Å². The summed E-state index contributed by atoms with van der Waals surface area (Å²) in [5.74, 6) is 3.76. The molecule has 0 spiro atoms. The first-order valence-corrected chi connectivity index (χ1v) is 7.11. The second-order valence-corrected chi connectivity index (χ2v) is 5.83. The highest BCUT2D eigenvalue weighted by Gasteiger charge is 2.30. The van der Waals surface area contributed by atoms with E-state index in [4.69, 9.17) is 0 Å². The van der Waals surface area contributed by atoms with E-state index >= 15 is 0 Å². The van der Waals surface area contributed by atoms with Gasteiger partial charge in [0.25, 0.3) is 0 Å². The highest BCUT2D eigenvalue weighted by Crippen LogP contribution is 2.42. The van der Waals surface area contributed by atoms with Crippen molar-refractivity contribution >= 4 is 17.4 Å². The van der Waals surface area contributed by atoms with Crippen molar-refractivity contribution in [1.29, 1.82) is 0 Å². The van der Waals surface area contributed by atoms with Crippen molar-refractivity contribution in [3.8, 4) is 0 Å². The summed E-state index contributed by atoms with van der Waals surface area (Å²) in [5, 5.41) is 3.37. The third-order valence-electron chi connectivity index (χ3n) is 3.72. The zero-order valence-electron chi connectivity index (χ0n) is 9.21. The van der Waals surface area contributed by atoms with Gasteiger partial charge in [0.05, 0.1) is 0 Å². The van der Waals surface area contributed by atoms with Gasteiger partial charge in [-0.15, -0.1) is 0 Å². The number of hydrogen-bond acceptors (Lipinski definition) is 2. The first-order valence-electron chi connectivity index (χ1n) is 5.95. The monoisotopic (exact) mass is 237 g/mol. The molecule has 1 N–H and O–H groups in total. The smallest absolute Gasteiger partial charge is 0.123 e. The maximum atomic E-state index is 13.3. The lowest BCUT2D eigenvalue weighted by atomic mass is 9.80. The van der Waals surface area contributed by atoms with Crippen molar-refractivity contribution in [3.05, 3.63) is 29.6 Å². The number of hydrogen-bond donors (Lipinski definition) is 1. The number of rotatable bonds is 1. The maximum Gasteiger partial charge on any atom is 0.123 e. The largest absolute Gasteiger partial charge is 0.385 e. The van der Waals surface area contributed by atoms with E-state index in [9.17, 15) is 4.39 Å². The lowest BCUT2D eigenvalue weighted by Gasteiger charge is -2.30.